The average Bonchev–Trinajstić information content (AvgIpc) is 3.18. The van der Waals surface area contributed by atoms with Gasteiger partial charge in [0.25, 0.3) is 0 Å². The van der Waals surface area contributed by atoms with Gasteiger partial charge >= 0.3 is 0 Å². The molecule has 0 unspecified atom stereocenters. The highest BCUT2D eigenvalue weighted by Crippen LogP contribution is 2.24. The molecule has 0 spiro atoms. The van der Waals surface area contributed by atoms with E-state index in [2.05, 4.69) is 65.4 Å². The normalized spacial score (nSPS) is 13.9. The summed E-state index contributed by atoms with van der Waals surface area (Å²) in [5, 5.41) is 6.53. The Morgan fingerprint density at radius 2 is 1.76 bits per heavy atom. The van der Waals surface area contributed by atoms with Crippen LogP contribution in [0.15, 0.2) is 48.5 Å². The number of nitrogens with two attached hydrogens (primary N) is 1. The van der Waals surface area contributed by atoms with Crippen molar-refractivity contribution < 1.29 is 4.74 Å². The number of hydrogen-bond acceptors (Lipinski definition) is 9. The van der Waals surface area contributed by atoms with Gasteiger partial charge in [-0.05, 0) is 30.7 Å². The van der Waals surface area contributed by atoms with Gasteiger partial charge in [-0.2, -0.15) is 15.0 Å². The first-order chi connectivity index (χ1) is 16.7. The number of imidazole rings is 1. The number of morpholine rings is 1. The van der Waals surface area contributed by atoms with Gasteiger partial charge in [0.15, 0.2) is 0 Å². The largest absolute Gasteiger partial charge is 0.378 e. The smallest absolute Gasteiger partial charge is 0.233 e. The molecule has 0 bridgehead atoms. The molecule has 1 fully saturated rings. The number of anilines is 4. The van der Waals surface area contributed by atoms with Gasteiger partial charge in [0.1, 0.15) is 5.82 Å². The Labute approximate surface area is 198 Å². The Kier molecular flexibility index (Phi) is 6.50. The van der Waals surface area contributed by atoms with Crippen LogP contribution in [-0.2, 0) is 11.3 Å². The highest BCUT2D eigenvalue weighted by Gasteiger charge is 2.17. The molecule has 34 heavy (non-hydrogen) atoms. The number of benzene rings is 2. The molecule has 5 rings (SSSR count). The van der Waals surface area contributed by atoms with Gasteiger partial charge in [-0.1, -0.05) is 30.3 Å². The van der Waals surface area contributed by atoms with Crippen LogP contribution in [-0.4, -0.2) is 63.9 Å². The van der Waals surface area contributed by atoms with Crippen LogP contribution in [0.5, 0.6) is 0 Å². The van der Waals surface area contributed by atoms with E-state index in [1.807, 2.05) is 25.1 Å². The minimum atomic E-state index is 0.473. The maximum absolute atomic E-state index is 5.66. The second-order valence-corrected chi connectivity index (χ2v) is 8.16. The van der Waals surface area contributed by atoms with E-state index in [0.29, 0.717) is 44.1 Å². The Bertz CT molecular complexity index is 1250. The minimum absolute atomic E-state index is 0.473. The molecular weight excluding hydrogens is 430 g/mol. The fourth-order valence-electron chi connectivity index (χ4n) is 4.00. The predicted molar refractivity (Wildman–Crippen MR) is 134 cm³/mol. The molecule has 0 saturated carbocycles. The lowest BCUT2D eigenvalue weighted by molar-refractivity contribution is 0.122. The van der Waals surface area contributed by atoms with Crippen molar-refractivity contribution in [3.8, 4) is 0 Å². The van der Waals surface area contributed by atoms with Crippen LogP contribution < -0.4 is 21.3 Å². The Balaban J connectivity index is 1.45. The van der Waals surface area contributed by atoms with E-state index in [4.69, 9.17) is 15.5 Å². The van der Waals surface area contributed by atoms with E-state index in [9.17, 15) is 0 Å². The van der Waals surface area contributed by atoms with Crippen LogP contribution in [0.25, 0.3) is 11.0 Å². The van der Waals surface area contributed by atoms with Crippen molar-refractivity contribution in [3.63, 3.8) is 0 Å². The fourth-order valence-corrected chi connectivity index (χ4v) is 4.00. The third-order valence-electron chi connectivity index (χ3n) is 5.72. The van der Waals surface area contributed by atoms with E-state index in [0.717, 1.165) is 42.2 Å². The minimum Gasteiger partial charge on any atom is -0.378 e. The van der Waals surface area contributed by atoms with Gasteiger partial charge in [0.2, 0.25) is 17.8 Å². The summed E-state index contributed by atoms with van der Waals surface area (Å²) in [6.45, 7) is 6.65. The molecule has 0 amide bonds. The molecule has 2 aromatic carbocycles. The molecule has 176 valence electrons. The summed E-state index contributed by atoms with van der Waals surface area (Å²) in [5.74, 6) is 2.56. The molecule has 10 heteroatoms. The van der Waals surface area contributed by atoms with Crippen molar-refractivity contribution in [1.29, 1.82) is 0 Å². The molecular formula is C24H29N9O. The molecule has 3 heterocycles. The maximum Gasteiger partial charge on any atom is 0.233 e. The summed E-state index contributed by atoms with van der Waals surface area (Å²) in [4.78, 5) is 20.7. The molecule has 0 radical (unpaired) electrons. The number of nitrogens with one attached hydrogen (secondary N) is 2. The van der Waals surface area contributed by atoms with Crippen molar-refractivity contribution in [1.82, 2.24) is 24.5 Å². The van der Waals surface area contributed by atoms with Crippen LogP contribution in [0.4, 0.5) is 23.5 Å². The SMILES string of the molecule is Cc1nc2ccc(Nc3nc(NCCN)nc(N4CCOCC4)n3)cc2n1Cc1ccccc1. The van der Waals surface area contributed by atoms with Crippen molar-refractivity contribution in [2.75, 3.05) is 54.9 Å². The highest BCUT2D eigenvalue weighted by molar-refractivity contribution is 5.81. The Morgan fingerprint density at radius 3 is 2.56 bits per heavy atom. The molecule has 1 aliphatic heterocycles. The summed E-state index contributed by atoms with van der Waals surface area (Å²) < 4.78 is 7.69. The second-order valence-electron chi connectivity index (χ2n) is 8.16. The van der Waals surface area contributed by atoms with Gasteiger partial charge in [0.05, 0.1) is 24.2 Å². The number of ether oxygens (including phenoxy) is 1. The summed E-state index contributed by atoms with van der Waals surface area (Å²) in [7, 11) is 0. The molecule has 4 aromatic rings. The van der Waals surface area contributed by atoms with Crippen LogP contribution in [0, 0.1) is 6.92 Å². The molecule has 2 aromatic heterocycles. The van der Waals surface area contributed by atoms with E-state index in [1.54, 1.807) is 0 Å². The summed E-state index contributed by atoms with van der Waals surface area (Å²) >= 11 is 0. The second kappa shape index (κ2) is 10.0. The van der Waals surface area contributed by atoms with Gasteiger partial charge in [-0.15, -0.1) is 0 Å². The highest BCUT2D eigenvalue weighted by atomic mass is 16.5. The molecule has 0 atom stereocenters. The fraction of sp³-hybridized carbons (Fsp3) is 0.333. The van der Waals surface area contributed by atoms with Crippen molar-refractivity contribution in [2.24, 2.45) is 5.73 Å². The molecule has 0 aliphatic carbocycles. The number of hydrogen-bond donors (Lipinski definition) is 3. The first kappa shape index (κ1) is 22.1. The third-order valence-corrected chi connectivity index (χ3v) is 5.72. The van der Waals surface area contributed by atoms with Gasteiger partial charge in [-0.3, -0.25) is 0 Å². The number of aryl methyl sites for hydroxylation is 1. The van der Waals surface area contributed by atoms with Crippen LogP contribution in [0.2, 0.25) is 0 Å². The Hall–Kier alpha value is -3.76. The number of fused-ring (bicyclic) bond motifs is 1. The number of rotatable bonds is 8. The number of nitrogens with zero attached hydrogens (tertiary/aromatic N) is 6. The van der Waals surface area contributed by atoms with E-state index in [-0.39, 0.29) is 0 Å². The van der Waals surface area contributed by atoms with Crippen molar-refractivity contribution in [2.45, 2.75) is 13.5 Å². The van der Waals surface area contributed by atoms with Gasteiger partial charge in [-0.25, -0.2) is 4.98 Å². The molecule has 10 nitrogen and oxygen atoms in total. The quantitative estimate of drug-likeness (QED) is 0.365. The first-order valence-corrected chi connectivity index (χ1v) is 11.5. The van der Waals surface area contributed by atoms with E-state index in [1.165, 1.54) is 5.56 Å². The van der Waals surface area contributed by atoms with Crippen LogP contribution in [0.3, 0.4) is 0 Å². The zero-order chi connectivity index (χ0) is 23.3. The van der Waals surface area contributed by atoms with Gasteiger partial charge < -0.3 is 30.6 Å². The van der Waals surface area contributed by atoms with E-state index >= 15 is 0 Å². The standard InChI is InChI=1S/C24H29N9O/c1-17-27-20-8-7-19(15-21(20)33(17)16-18-5-3-2-4-6-18)28-23-29-22(26-10-9-25)30-24(31-23)32-11-13-34-14-12-32/h2-8,15H,9-14,16,25H2,1H3,(H2,26,28,29,30,31). The topological polar surface area (TPSA) is 119 Å². The lowest BCUT2D eigenvalue weighted by Gasteiger charge is -2.27. The summed E-state index contributed by atoms with van der Waals surface area (Å²) in [5.41, 5.74) is 9.77. The van der Waals surface area contributed by atoms with Gasteiger partial charge in [0, 0.05) is 38.4 Å². The summed E-state index contributed by atoms with van der Waals surface area (Å²) in [6, 6.07) is 16.5. The number of aromatic nitrogens is 5. The molecule has 4 N–H and O–H groups in total. The first-order valence-electron chi connectivity index (χ1n) is 11.5. The average molecular weight is 460 g/mol. The summed E-state index contributed by atoms with van der Waals surface area (Å²) in [6.07, 6.45) is 0. The maximum atomic E-state index is 5.66. The van der Waals surface area contributed by atoms with Crippen molar-refractivity contribution >= 4 is 34.6 Å². The zero-order valence-corrected chi connectivity index (χ0v) is 19.2. The lowest BCUT2D eigenvalue weighted by Crippen LogP contribution is -2.37. The third kappa shape index (κ3) is 4.92. The zero-order valence-electron chi connectivity index (χ0n) is 19.2. The van der Waals surface area contributed by atoms with Crippen molar-refractivity contribution in [3.05, 3.63) is 59.9 Å². The lowest BCUT2D eigenvalue weighted by atomic mass is 10.2. The van der Waals surface area contributed by atoms with Crippen LogP contribution in [0.1, 0.15) is 11.4 Å². The predicted octanol–water partition coefficient (Wildman–Crippen LogP) is 2.53. The monoisotopic (exact) mass is 459 g/mol. The van der Waals surface area contributed by atoms with Crippen LogP contribution >= 0.6 is 0 Å². The Morgan fingerprint density at radius 1 is 0.971 bits per heavy atom. The van der Waals surface area contributed by atoms with E-state index < -0.39 is 0 Å². The molecule has 1 aliphatic rings. The molecule has 1 saturated heterocycles.